The van der Waals surface area contributed by atoms with E-state index in [0.717, 1.165) is 0 Å². The van der Waals surface area contributed by atoms with Crippen molar-refractivity contribution in [3.8, 4) is 0 Å². The second-order valence-corrected chi connectivity index (χ2v) is 3.12. The van der Waals surface area contributed by atoms with Gasteiger partial charge in [-0.2, -0.15) is 5.06 Å². The lowest BCUT2D eigenvalue weighted by molar-refractivity contribution is -0.304. The van der Waals surface area contributed by atoms with Crippen LogP contribution in [0, 0.1) is 12.7 Å². The maximum Gasteiger partial charge on any atom is 0.176 e. The normalized spacial score (nSPS) is 15.8. The number of hydrogen-bond acceptors (Lipinski definition) is 5. The Morgan fingerprint density at radius 3 is 2.80 bits per heavy atom. The van der Waals surface area contributed by atoms with E-state index in [4.69, 9.17) is 15.9 Å². The van der Waals surface area contributed by atoms with Crippen LogP contribution in [0.2, 0.25) is 0 Å². The van der Waals surface area contributed by atoms with Crippen LogP contribution in [-0.4, -0.2) is 10.4 Å². The highest BCUT2D eigenvalue weighted by Crippen LogP contribution is 2.26. The largest absolute Gasteiger partial charge is 0.380 e. The fraction of sp³-hybridized carbons (Fsp3) is 0.111. The highest BCUT2D eigenvalue weighted by Gasteiger charge is 2.22. The van der Waals surface area contributed by atoms with E-state index in [1.54, 1.807) is 19.1 Å². The van der Waals surface area contributed by atoms with E-state index in [0.29, 0.717) is 16.5 Å². The predicted molar refractivity (Wildman–Crippen MR) is 50.6 cm³/mol. The SMILES string of the molecule is Cc1c(F)cccc1N1C=C(N)N(O)O1. The smallest absolute Gasteiger partial charge is 0.176 e. The Bertz CT molecular complexity index is 422. The summed E-state index contributed by atoms with van der Waals surface area (Å²) < 4.78 is 13.2. The molecule has 2 rings (SSSR count). The average Bonchev–Trinajstić information content (AvgIpc) is 2.51. The molecule has 80 valence electrons. The number of nitrogens with zero attached hydrogens (tertiary/aromatic N) is 2. The van der Waals surface area contributed by atoms with E-state index in [1.807, 2.05) is 0 Å². The number of hydroxylamine groups is 3. The first-order valence-corrected chi connectivity index (χ1v) is 4.28. The van der Waals surface area contributed by atoms with Crippen molar-refractivity contribution in [3.63, 3.8) is 0 Å². The van der Waals surface area contributed by atoms with Gasteiger partial charge in [0.1, 0.15) is 5.82 Å². The molecule has 5 nitrogen and oxygen atoms in total. The van der Waals surface area contributed by atoms with Crippen molar-refractivity contribution < 1.29 is 14.5 Å². The summed E-state index contributed by atoms with van der Waals surface area (Å²) in [7, 11) is 0. The number of hydrogen-bond donors (Lipinski definition) is 2. The second-order valence-electron chi connectivity index (χ2n) is 3.12. The highest BCUT2D eigenvalue weighted by atomic mass is 19.1. The van der Waals surface area contributed by atoms with Crippen LogP contribution in [0.4, 0.5) is 10.1 Å². The summed E-state index contributed by atoms with van der Waals surface area (Å²) in [5.41, 5.74) is 6.27. The lowest BCUT2D eigenvalue weighted by Gasteiger charge is -2.17. The molecule has 0 fully saturated rings. The van der Waals surface area contributed by atoms with Crippen LogP contribution in [0.5, 0.6) is 0 Å². The van der Waals surface area contributed by atoms with E-state index < -0.39 is 0 Å². The molecule has 6 heteroatoms. The molecule has 15 heavy (non-hydrogen) atoms. The van der Waals surface area contributed by atoms with Gasteiger partial charge in [0, 0.05) is 5.56 Å². The van der Waals surface area contributed by atoms with Crippen LogP contribution in [-0.2, 0) is 4.94 Å². The fourth-order valence-electron chi connectivity index (χ4n) is 1.27. The van der Waals surface area contributed by atoms with Crippen molar-refractivity contribution in [2.45, 2.75) is 6.92 Å². The molecule has 0 saturated heterocycles. The number of anilines is 1. The molecule has 0 bridgehead atoms. The molecular formula is C9H10FN3O2. The maximum absolute atomic E-state index is 13.2. The van der Waals surface area contributed by atoms with E-state index in [1.165, 1.54) is 17.3 Å². The predicted octanol–water partition coefficient (Wildman–Crippen LogP) is 1.25. The second kappa shape index (κ2) is 3.41. The number of benzene rings is 1. The van der Waals surface area contributed by atoms with E-state index in [-0.39, 0.29) is 11.6 Å². The van der Waals surface area contributed by atoms with Gasteiger partial charge in [0.25, 0.3) is 0 Å². The molecule has 3 N–H and O–H groups in total. The van der Waals surface area contributed by atoms with Gasteiger partial charge in [0.05, 0.1) is 11.9 Å². The van der Waals surface area contributed by atoms with Crippen LogP contribution in [0.3, 0.4) is 0 Å². The molecule has 1 aliphatic heterocycles. The lowest BCUT2D eigenvalue weighted by atomic mass is 10.2. The molecule has 0 unspecified atom stereocenters. The molecule has 1 aromatic rings. The van der Waals surface area contributed by atoms with Gasteiger partial charge in [-0.05, 0) is 19.1 Å². The van der Waals surface area contributed by atoms with Gasteiger partial charge in [-0.1, -0.05) is 11.3 Å². The summed E-state index contributed by atoms with van der Waals surface area (Å²) in [6, 6.07) is 4.55. The van der Waals surface area contributed by atoms with Crippen molar-refractivity contribution >= 4 is 5.69 Å². The first-order chi connectivity index (χ1) is 7.09. The van der Waals surface area contributed by atoms with Gasteiger partial charge in [-0.25, -0.2) is 4.39 Å². The van der Waals surface area contributed by atoms with Crippen LogP contribution in [0.1, 0.15) is 5.56 Å². The Kier molecular flexibility index (Phi) is 2.22. The van der Waals surface area contributed by atoms with E-state index >= 15 is 0 Å². The van der Waals surface area contributed by atoms with Crippen molar-refractivity contribution in [2.24, 2.45) is 5.73 Å². The molecule has 0 radical (unpaired) electrons. The Morgan fingerprint density at radius 2 is 2.20 bits per heavy atom. The zero-order valence-corrected chi connectivity index (χ0v) is 8.01. The Morgan fingerprint density at radius 1 is 1.47 bits per heavy atom. The van der Waals surface area contributed by atoms with Crippen molar-refractivity contribution in [1.82, 2.24) is 5.23 Å². The summed E-state index contributed by atoms with van der Waals surface area (Å²) >= 11 is 0. The standard InChI is InChI=1S/C9H10FN3O2/c1-6-7(10)3-2-4-8(6)12-5-9(11)13(14)15-12/h2-5,14H,11H2,1H3. The minimum absolute atomic E-state index is 0.0265. The number of nitrogens with two attached hydrogens (primary N) is 1. The van der Waals surface area contributed by atoms with Crippen molar-refractivity contribution in [2.75, 3.05) is 5.06 Å². The minimum atomic E-state index is -0.348. The molecule has 1 heterocycles. The zero-order valence-electron chi connectivity index (χ0n) is 8.01. The zero-order chi connectivity index (χ0) is 11.0. The fourth-order valence-corrected chi connectivity index (χ4v) is 1.27. The van der Waals surface area contributed by atoms with Gasteiger partial charge in [-0.15, -0.1) is 4.94 Å². The first kappa shape index (κ1) is 9.75. The molecule has 0 atom stereocenters. The molecule has 0 aliphatic carbocycles. The Labute approximate surface area is 85.6 Å². The van der Waals surface area contributed by atoms with Crippen LogP contribution >= 0.6 is 0 Å². The van der Waals surface area contributed by atoms with E-state index in [2.05, 4.69) is 0 Å². The molecule has 0 saturated carbocycles. The minimum Gasteiger partial charge on any atom is -0.380 e. The van der Waals surface area contributed by atoms with Crippen LogP contribution in [0.15, 0.2) is 30.2 Å². The first-order valence-electron chi connectivity index (χ1n) is 4.28. The van der Waals surface area contributed by atoms with Gasteiger partial charge < -0.3 is 5.73 Å². The van der Waals surface area contributed by atoms with Crippen LogP contribution < -0.4 is 10.8 Å². The lowest BCUT2D eigenvalue weighted by Crippen LogP contribution is -2.23. The molecule has 1 aromatic carbocycles. The van der Waals surface area contributed by atoms with Gasteiger partial charge in [-0.3, -0.25) is 5.21 Å². The Hall–Kier alpha value is -1.79. The Balaban J connectivity index is 2.36. The summed E-state index contributed by atoms with van der Waals surface area (Å²) in [4.78, 5) is 4.83. The maximum atomic E-state index is 13.2. The third-order valence-electron chi connectivity index (χ3n) is 2.11. The topological polar surface area (TPSA) is 62.0 Å². The summed E-state index contributed by atoms with van der Waals surface area (Å²) in [5.74, 6) is -0.321. The number of rotatable bonds is 1. The summed E-state index contributed by atoms with van der Waals surface area (Å²) in [6.45, 7) is 1.61. The van der Waals surface area contributed by atoms with Gasteiger partial charge in [0.15, 0.2) is 5.82 Å². The average molecular weight is 211 g/mol. The third kappa shape index (κ3) is 1.60. The molecule has 0 amide bonds. The van der Waals surface area contributed by atoms with Gasteiger partial charge in [0.2, 0.25) is 0 Å². The summed E-state index contributed by atoms with van der Waals surface area (Å²) in [5, 5.41) is 10.7. The molecule has 0 spiro atoms. The monoisotopic (exact) mass is 211 g/mol. The van der Waals surface area contributed by atoms with Crippen LogP contribution in [0.25, 0.3) is 0 Å². The quantitative estimate of drug-likeness (QED) is 0.732. The summed E-state index contributed by atoms with van der Waals surface area (Å²) in [6.07, 6.45) is 1.35. The molecule has 0 aromatic heterocycles. The highest BCUT2D eigenvalue weighted by molar-refractivity contribution is 5.54. The molecule has 1 aliphatic rings. The third-order valence-corrected chi connectivity index (χ3v) is 2.11. The molecular weight excluding hydrogens is 201 g/mol. The number of halogens is 1. The van der Waals surface area contributed by atoms with E-state index in [9.17, 15) is 4.39 Å². The van der Waals surface area contributed by atoms with Crippen molar-refractivity contribution in [3.05, 3.63) is 41.6 Å². The van der Waals surface area contributed by atoms with Gasteiger partial charge >= 0.3 is 0 Å². The van der Waals surface area contributed by atoms with Crippen molar-refractivity contribution in [1.29, 1.82) is 0 Å².